The van der Waals surface area contributed by atoms with Crippen LogP contribution in [0.2, 0.25) is 0 Å². The van der Waals surface area contributed by atoms with Gasteiger partial charge in [-0.15, -0.1) is 0 Å². The normalized spacial score (nSPS) is 10.4. The molecule has 0 atom stereocenters. The molecule has 0 aliphatic rings. The van der Waals surface area contributed by atoms with E-state index in [1.165, 1.54) is 24.3 Å². The topological polar surface area (TPSA) is 93.5 Å². The highest BCUT2D eigenvalue weighted by molar-refractivity contribution is 5.95. The van der Waals surface area contributed by atoms with Crippen LogP contribution in [0.25, 0.3) is 0 Å². The largest absolute Gasteiger partial charge is 0.481 e. The summed E-state index contributed by atoms with van der Waals surface area (Å²) in [5, 5.41) is 16.0. The van der Waals surface area contributed by atoms with Crippen molar-refractivity contribution in [2.45, 2.75) is 19.9 Å². The summed E-state index contributed by atoms with van der Waals surface area (Å²) in [6.45, 7) is 2.28. The first-order valence-corrected chi connectivity index (χ1v) is 7.18. The zero-order chi connectivity index (χ0) is 17.0. The van der Waals surface area contributed by atoms with Gasteiger partial charge in [-0.2, -0.15) is 5.10 Å². The number of carboxylic acids is 1. The summed E-state index contributed by atoms with van der Waals surface area (Å²) in [6, 6.07) is 5.78. The first-order chi connectivity index (χ1) is 11.0. The van der Waals surface area contributed by atoms with Crippen LogP contribution >= 0.6 is 0 Å². The Morgan fingerprint density at radius 1 is 1.26 bits per heavy atom. The summed E-state index contributed by atoms with van der Waals surface area (Å²) >= 11 is 0. The molecule has 7 heteroatoms. The SMILES string of the molecule is CCc1nn(C)c(OC)c1CNC(=O)c1ccc(C(=O)O)cc1. The van der Waals surface area contributed by atoms with Gasteiger partial charge in [0.05, 0.1) is 30.5 Å². The van der Waals surface area contributed by atoms with Crippen molar-refractivity contribution in [3.05, 3.63) is 46.6 Å². The minimum atomic E-state index is -1.02. The average molecular weight is 317 g/mol. The molecule has 1 aromatic carbocycles. The number of aryl methyl sites for hydroxylation is 2. The maximum Gasteiger partial charge on any atom is 0.335 e. The summed E-state index contributed by atoms with van der Waals surface area (Å²) in [6.07, 6.45) is 0.732. The van der Waals surface area contributed by atoms with Crippen molar-refractivity contribution in [3.63, 3.8) is 0 Å². The molecule has 0 fully saturated rings. The first-order valence-electron chi connectivity index (χ1n) is 7.18. The Labute approximate surface area is 133 Å². The third kappa shape index (κ3) is 3.50. The lowest BCUT2D eigenvalue weighted by Gasteiger charge is -2.08. The Morgan fingerprint density at radius 3 is 2.39 bits per heavy atom. The Kier molecular flexibility index (Phi) is 5.00. The van der Waals surface area contributed by atoms with E-state index < -0.39 is 5.97 Å². The number of carbonyl (C=O) groups excluding carboxylic acids is 1. The van der Waals surface area contributed by atoms with Crippen LogP contribution in [0, 0.1) is 0 Å². The third-order valence-corrected chi connectivity index (χ3v) is 3.52. The number of ether oxygens (including phenoxy) is 1. The van der Waals surface area contributed by atoms with Crippen LogP contribution in [-0.2, 0) is 20.0 Å². The molecule has 0 aliphatic carbocycles. The van der Waals surface area contributed by atoms with Crippen molar-refractivity contribution < 1.29 is 19.4 Å². The van der Waals surface area contributed by atoms with Gasteiger partial charge in [0.1, 0.15) is 0 Å². The Bertz CT molecular complexity index is 720. The van der Waals surface area contributed by atoms with Gasteiger partial charge in [0, 0.05) is 12.6 Å². The van der Waals surface area contributed by atoms with Crippen molar-refractivity contribution in [2.24, 2.45) is 7.05 Å². The van der Waals surface area contributed by atoms with Crippen molar-refractivity contribution >= 4 is 11.9 Å². The number of aromatic nitrogens is 2. The molecule has 0 bridgehead atoms. The first kappa shape index (κ1) is 16.5. The Hall–Kier alpha value is -2.83. The fraction of sp³-hybridized carbons (Fsp3) is 0.312. The molecular weight excluding hydrogens is 298 g/mol. The van der Waals surface area contributed by atoms with E-state index >= 15 is 0 Å². The predicted octanol–water partition coefficient (Wildman–Crippen LogP) is 1.62. The lowest BCUT2D eigenvalue weighted by Crippen LogP contribution is -2.23. The molecule has 0 saturated heterocycles. The monoisotopic (exact) mass is 317 g/mol. The number of amides is 1. The minimum Gasteiger partial charge on any atom is -0.481 e. The fourth-order valence-electron chi connectivity index (χ4n) is 2.36. The quantitative estimate of drug-likeness (QED) is 0.844. The van der Waals surface area contributed by atoms with E-state index in [9.17, 15) is 9.59 Å². The molecule has 1 heterocycles. The number of hydrogen-bond acceptors (Lipinski definition) is 4. The smallest absolute Gasteiger partial charge is 0.335 e. The number of hydrogen-bond donors (Lipinski definition) is 2. The Morgan fingerprint density at radius 2 is 1.87 bits per heavy atom. The van der Waals surface area contributed by atoms with Gasteiger partial charge in [-0.25, -0.2) is 9.48 Å². The number of nitrogens with one attached hydrogen (secondary N) is 1. The lowest BCUT2D eigenvalue weighted by molar-refractivity contribution is 0.0696. The van der Waals surface area contributed by atoms with Crippen LogP contribution in [0.4, 0.5) is 0 Å². The van der Waals surface area contributed by atoms with Crippen LogP contribution in [0.1, 0.15) is 38.9 Å². The van der Waals surface area contributed by atoms with Crippen molar-refractivity contribution in [2.75, 3.05) is 7.11 Å². The highest BCUT2D eigenvalue weighted by Gasteiger charge is 2.17. The van der Waals surface area contributed by atoms with E-state index in [4.69, 9.17) is 9.84 Å². The highest BCUT2D eigenvalue weighted by Crippen LogP contribution is 2.21. The van der Waals surface area contributed by atoms with Gasteiger partial charge in [0.15, 0.2) is 0 Å². The average Bonchev–Trinajstić information content (AvgIpc) is 2.87. The maximum absolute atomic E-state index is 12.2. The molecule has 1 amide bonds. The molecule has 2 rings (SSSR count). The molecule has 2 N–H and O–H groups in total. The van der Waals surface area contributed by atoms with E-state index in [-0.39, 0.29) is 11.5 Å². The molecule has 0 aliphatic heterocycles. The van der Waals surface area contributed by atoms with Crippen LogP contribution < -0.4 is 10.1 Å². The van der Waals surface area contributed by atoms with Crippen LogP contribution in [0.5, 0.6) is 5.88 Å². The zero-order valence-corrected chi connectivity index (χ0v) is 13.3. The Balaban J connectivity index is 2.11. The van der Waals surface area contributed by atoms with Gasteiger partial charge in [0.2, 0.25) is 5.88 Å². The van der Waals surface area contributed by atoms with Crippen LogP contribution in [-0.4, -0.2) is 33.9 Å². The number of rotatable bonds is 6. The number of aromatic carboxylic acids is 1. The van der Waals surface area contributed by atoms with Crippen LogP contribution in [0.15, 0.2) is 24.3 Å². The summed E-state index contributed by atoms with van der Waals surface area (Å²) in [5.41, 5.74) is 2.25. The van der Waals surface area contributed by atoms with E-state index in [0.29, 0.717) is 18.0 Å². The van der Waals surface area contributed by atoms with Gasteiger partial charge in [-0.05, 0) is 30.7 Å². The van der Waals surface area contributed by atoms with Gasteiger partial charge in [0.25, 0.3) is 5.91 Å². The molecule has 122 valence electrons. The number of methoxy groups -OCH3 is 1. The van der Waals surface area contributed by atoms with E-state index in [1.807, 2.05) is 6.92 Å². The number of carboxylic acid groups (broad SMARTS) is 1. The van der Waals surface area contributed by atoms with E-state index in [1.54, 1.807) is 18.8 Å². The van der Waals surface area contributed by atoms with Crippen molar-refractivity contribution in [1.29, 1.82) is 0 Å². The van der Waals surface area contributed by atoms with Crippen LogP contribution in [0.3, 0.4) is 0 Å². The van der Waals surface area contributed by atoms with Gasteiger partial charge < -0.3 is 15.2 Å². The molecule has 0 saturated carbocycles. The van der Waals surface area contributed by atoms with Gasteiger partial charge >= 0.3 is 5.97 Å². The van der Waals surface area contributed by atoms with Gasteiger partial charge in [-0.3, -0.25) is 4.79 Å². The molecule has 1 aromatic heterocycles. The van der Waals surface area contributed by atoms with Gasteiger partial charge in [-0.1, -0.05) is 6.92 Å². The fourth-order valence-corrected chi connectivity index (χ4v) is 2.36. The number of nitrogens with zero attached hydrogens (tertiary/aromatic N) is 2. The second-order valence-corrected chi connectivity index (χ2v) is 4.98. The molecule has 2 aromatic rings. The summed E-state index contributed by atoms with van der Waals surface area (Å²) in [4.78, 5) is 23.0. The van der Waals surface area contributed by atoms with E-state index in [0.717, 1.165) is 17.7 Å². The predicted molar refractivity (Wildman–Crippen MR) is 83.7 cm³/mol. The molecule has 0 radical (unpaired) electrons. The minimum absolute atomic E-state index is 0.142. The summed E-state index contributed by atoms with van der Waals surface area (Å²) < 4.78 is 6.96. The number of carbonyl (C=O) groups is 2. The van der Waals surface area contributed by atoms with Crippen molar-refractivity contribution in [3.8, 4) is 5.88 Å². The highest BCUT2D eigenvalue weighted by atomic mass is 16.5. The molecular formula is C16H19N3O4. The van der Waals surface area contributed by atoms with E-state index in [2.05, 4.69) is 10.4 Å². The zero-order valence-electron chi connectivity index (χ0n) is 13.3. The molecule has 7 nitrogen and oxygen atoms in total. The third-order valence-electron chi connectivity index (χ3n) is 3.52. The van der Waals surface area contributed by atoms with Crippen molar-refractivity contribution in [1.82, 2.24) is 15.1 Å². The summed E-state index contributed by atoms with van der Waals surface area (Å²) in [7, 11) is 3.35. The molecule has 0 unspecified atom stereocenters. The molecule has 23 heavy (non-hydrogen) atoms. The number of benzene rings is 1. The second-order valence-electron chi connectivity index (χ2n) is 4.98. The second kappa shape index (κ2) is 6.95. The summed E-state index contributed by atoms with van der Waals surface area (Å²) in [5.74, 6) is -0.692. The maximum atomic E-state index is 12.2. The lowest BCUT2D eigenvalue weighted by atomic mass is 10.1. The standard InChI is InChI=1S/C16H19N3O4/c1-4-13-12(15(23-3)19(2)18-13)9-17-14(20)10-5-7-11(8-6-10)16(21)22/h5-8H,4,9H2,1-3H3,(H,17,20)(H,21,22). The molecule has 0 spiro atoms.